The Hall–Kier alpha value is 0.250. The molecule has 1 fully saturated rings. The second kappa shape index (κ2) is 3.31. The van der Waals surface area contributed by atoms with Gasteiger partial charge in [-0.1, -0.05) is 0 Å². The summed E-state index contributed by atoms with van der Waals surface area (Å²) in [7, 11) is 0. The highest BCUT2D eigenvalue weighted by Crippen LogP contribution is 2.17. The summed E-state index contributed by atoms with van der Waals surface area (Å²) in [4.78, 5) is 0. The molecular formula is C6H7ClO. The Bertz CT molecular complexity index is 59.5. The highest BCUT2D eigenvalue weighted by molar-refractivity contribution is 6.19. The Balaban J connectivity index is 2.13. The molecule has 44 valence electrons. The normalized spacial score (nSPS) is 23.6. The minimum absolute atomic E-state index is 0.477. The van der Waals surface area contributed by atoms with Crippen molar-refractivity contribution in [3.05, 3.63) is 25.4 Å². The van der Waals surface area contributed by atoms with Crippen LogP contribution < -0.4 is 0 Å². The minimum atomic E-state index is 0.477. The van der Waals surface area contributed by atoms with Crippen molar-refractivity contribution in [2.75, 3.05) is 12.5 Å². The average Bonchev–Trinajstić information content (AvgIpc) is 1.90. The van der Waals surface area contributed by atoms with E-state index in [2.05, 4.69) is 0 Å². The number of halogens is 1. The van der Waals surface area contributed by atoms with Gasteiger partial charge in [0.15, 0.2) is 0 Å². The van der Waals surface area contributed by atoms with Gasteiger partial charge in [0.2, 0.25) is 0 Å². The lowest BCUT2D eigenvalue weighted by Crippen LogP contribution is -2.13. The predicted octanol–water partition coefficient (Wildman–Crippen LogP) is 1.40. The molecule has 1 rings (SSSR count). The Labute approximate surface area is 55.0 Å². The van der Waals surface area contributed by atoms with Gasteiger partial charge in [0.05, 0.1) is 12.5 Å². The molecule has 0 unspecified atom stereocenters. The first-order valence-corrected chi connectivity index (χ1v) is 3.01. The predicted molar refractivity (Wildman–Crippen MR) is 32.8 cm³/mol. The van der Waals surface area contributed by atoms with Gasteiger partial charge in [-0.3, -0.25) is 0 Å². The van der Waals surface area contributed by atoms with Crippen LogP contribution in [0.2, 0.25) is 0 Å². The van der Waals surface area contributed by atoms with Crippen LogP contribution in [0.1, 0.15) is 0 Å². The quantitative estimate of drug-likeness (QED) is 0.488. The standard InChI is InChI=1S/C6H7ClO/c7-5-6-3-1-2-4-8-6/h1-3H,4-5H2. The van der Waals surface area contributed by atoms with Gasteiger partial charge in [-0.15, -0.1) is 11.6 Å². The molecule has 0 amide bonds. The van der Waals surface area contributed by atoms with Crippen molar-refractivity contribution in [3.8, 4) is 0 Å². The van der Waals surface area contributed by atoms with E-state index in [4.69, 9.17) is 16.3 Å². The lowest BCUT2D eigenvalue weighted by Gasteiger charge is -2.17. The third-order valence-corrected chi connectivity index (χ3v) is 1.18. The Morgan fingerprint density at radius 3 is 3.00 bits per heavy atom. The van der Waals surface area contributed by atoms with Crippen LogP contribution in [0.15, 0.2) is 0 Å². The van der Waals surface area contributed by atoms with Gasteiger partial charge in [0.1, 0.15) is 6.10 Å². The molecular weight excluding hydrogens is 124 g/mol. The lowest BCUT2D eigenvalue weighted by atomic mass is 10.1. The minimum Gasteiger partial charge on any atom is -0.370 e. The Morgan fingerprint density at radius 1 is 1.75 bits per heavy atom. The van der Waals surface area contributed by atoms with Gasteiger partial charge < -0.3 is 4.74 Å². The maximum atomic E-state index is 5.45. The van der Waals surface area contributed by atoms with E-state index in [1.54, 1.807) is 0 Å². The second-order valence-corrected chi connectivity index (χ2v) is 1.77. The largest absolute Gasteiger partial charge is 0.370 e. The van der Waals surface area contributed by atoms with Crippen molar-refractivity contribution in [2.24, 2.45) is 0 Å². The lowest BCUT2D eigenvalue weighted by molar-refractivity contribution is 0.176. The van der Waals surface area contributed by atoms with Crippen molar-refractivity contribution < 1.29 is 4.74 Å². The van der Waals surface area contributed by atoms with Crippen molar-refractivity contribution >= 4 is 11.6 Å². The van der Waals surface area contributed by atoms with Crippen LogP contribution in [0.25, 0.3) is 0 Å². The first kappa shape index (κ1) is 6.37. The maximum Gasteiger partial charge on any atom is 0.115 e. The third kappa shape index (κ3) is 1.64. The van der Waals surface area contributed by atoms with E-state index in [1.807, 2.05) is 19.3 Å². The van der Waals surface area contributed by atoms with Gasteiger partial charge >= 0.3 is 0 Å². The van der Waals surface area contributed by atoms with Gasteiger partial charge in [0, 0.05) is 6.42 Å². The molecule has 0 N–H and O–H groups in total. The highest BCUT2D eigenvalue weighted by Gasteiger charge is 2.13. The monoisotopic (exact) mass is 130 g/mol. The van der Waals surface area contributed by atoms with Gasteiger partial charge in [-0.25, -0.2) is 0 Å². The van der Waals surface area contributed by atoms with E-state index in [-0.39, 0.29) is 0 Å². The number of ether oxygens (including phenoxy) is 1. The number of hydrogen-bond donors (Lipinski definition) is 0. The Morgan fingerprint density at radius 2 is 2.62 bits per heavy atom. The van der Waals surface area contributed by atoms with Crippen LogP contribution in [-0.2, 0) is 4.74 Å². The second-order valence-electron chi connectivity index (χ2n) is 1.51. The summed E-state index contributed by atoms with van der Waals surface area (Å²) in [6.45, 7) is 0.665. The molecule has 1 heterocycles. The van der Waals surface area contributed by atoms with Crippen LogP contribution >= 0.6 is 11.6 Å². The average molecular weight is 131 g/mol. The van der Waals surface area contributed by atoms with Gasteiger partial charge in [-0.05, 0) is 12.8 Å². The number of hydrogen-bond acceptors (Lipinski definition) is 1. The van der Waals surface area contributed by atoms with Crippen LogP contribution in [0.4, 0.5) is 0 Å². The molecule has 1 nitrogen and oxygen atoms in total. The fourth-order valence-corrected chi connectivity index (χ4v) is 0.684. The molecule has 0 aromatic carbocycles. The summed E-state index contributed by atoms with van der Waals surface area (Å²) in [6, 6.07) is 0. The molecule has 0 atom stereocenters. The fourth-order valence-electron chi connectivity index (χ4n) is 0.517. The molecule has 0 saturated carbocycles. The highest BCUT2D eigenvalue weighted by atomic mass is 35.5. The SMILES string of the molecule is ClC[C]1[CH][CH][CH]CO1. The number of rotatable bonds is 1. The number of alkyl halides is 1. The van der Waals surface area contributed by atoms with E-state index in [1.165, 1.54) is 0 Å². The van der Waals surface area contributed by atoms with Crippen molar-refractivity contribution in [1.82, 2.24) is 0 Å². The molecule has 1 aliphatic heterocycles. The molecule has 4 radical (unpaired) electrons. The topological polar surface area (TPSA) is 9.23 Å². The molecule has 0 spiro atoms. The van der Waals surface area contributed by atoms with Crippen molar-refractivity contribution in [2.45, 2.75) is 0 Å². The Kier molecular flexibility index (Phi) is 2.64. The summed E-state index contributed by atoms with van der Waals surface area (Å²) in [5, 5.41) is 0. The van der Waals surface area contributed by atoms with Crippen molar-refractivity contribution in [3.63, 3.8) is 0 Å². The third-order valence-electron chi connectivity index (χ3n) is 0.915. The summed E-state index contributed by atoms with van der Waals surface area (Å²) < 4.78 is 5.07. The van der Waals surface area contributed by atoms with E-state index >= 15 is 0 Å². The molecule has 0 aromatic heterocycles. The van der Waals surface area contributed by atoms with Crippen LogP contribution in [0.3, 0.4) is 0 Å². The van der Waals surface area contributed by atoms with Gasteiger partial charge in [-0.2, -0.15) is 0 Å². The summed E-state index contributed by atoms with van der Waals surface area (Å²) in [5.41, 5.74) is 0. The smallest absolute Gasteiger partial charge is 0.115 e. The molecule has 1 saturated heterocycles. The maximum absolute atomic E-state index is 5.45. The van der Waals surface area contributed by atoms with E-state index < -0.39 is 0 Å². The first-order valence-electron chi connectivity index (χ1n) is 2.48. The fraction of sp³-hybridized carbons (Fsp3) is 0.333. The van der Waals surface area contributed by atoms with Gasteiger partial charge in [0.25, 0.3) is 0 Å². The zero-order chi connectivity index (χ0) is 5.82. The molecule has 0 aliphatic carbocycles. The first-order chi connectivity index (χ1) is 3.93. The molecule has 0 bridgehead atoms. The zero-order valence-corrected chi connectivity index (χ0v) is 5.19. The van der Waals surface area contributed by atoms with E-state index in [9.17, 15) is 0 Å². The molecule has 8 heavy (non-hydrogen) atoms. The van der Waals surface area contributed by atoms with Crippen LogP contribution in [0.5, 0.6) is 0 Å². The van der Waals surface area contributed by atoms with E-state index in [0.717, 1.165) is 6.10 Å². The van der Waals surface area contributed by atoms with Crippen LogP contribution in [0, 0.1) is 25.4 Å². The molecule has 0 aromatic rings. The molecule has 1 aliphatic rings. The van der Waals surface area contributed by atoms with Crippen molar-refractivity contribution in [1.29, 1.82) is 0 Å². The zero-order valence-electron chi connectivity index (χ0n) is 4.43. The van der Waals surface area contributed by atoms with Crippen LogP contribution in [-0.4, -0.2) is 12.5 Å². The molecule has 2 heteroatoms. The summed E-state index contributed by atoms with van der Waals surface area (Å²) >= 11 is 5.45. The summed E-state index contributed by atoms with van der Waals surface area (Å²) in [6.07, 6.45) is 6.61. The van der Waals surface area contributed by atoms with E-state index in [0.29, 0.717) is 12.5 Å². The summed E-state index contributed by atoms with van der Waals surface area (Å²) in [5.74, 6) is 0.477.